The van der Waals surface area contributed by atoms with E-state index in [4.69, 9.17) is 10.2 Å². The van der Waals surface area contributed by atoms with Gasteiger partial charge in [-0.2, -0.15) is 11.8 Å². The molecule has 96 valence electrons. The van der Waals surface area contributed by atoms with Crippen molar-refractivity contribution in [2.75, 3.05) is 37.7 Å². The number of urea groups is 1. The summed E-state index contributed by atoms with van der Waals surface area (Å²) in [5, 5.41) is 17.3. The Morgan fingerprint density at radius 1 is 1.06 bits per heavy atom. The summed E-state index contributed by atoms with van der Waals surface area (Å²) in [6.45, 7) is -0.123. The molecule has 1 aliphatic heterocycles. The summed E-state index contributed by atoms with van der Waals surface area (Å²) in [5.74, 6) is -0.851. The number of amides is 2. The maximum Gasteiger partial charge on any atom is 0.323 e. The molecule has 0 atom stereocenters. The van der Waals surface area contributed by atoms with Crippen LogP contribution in [-0.4, -0.2) is 75.7 Å². The summed E-state index contributed by atoms with van der Waals surface area (Å²) >= 11 is 1.71. The minimum absolute atomic E-state index is 0.518. The molecule has 0 aliphatic carbocycles. The van der Waals surface area contributed by atoms with Crippen LogP contribution in [-0.2, 0) is 9.59 Å². The smallest absolute Gasteiger partial charge is 0.323 e. The van der Waals surface area contributed by atoms with E-state index in [9.17, 15) is 14.4 Å². The van der Waals surface area contributed by atoms with Crippen molar-refractivity contribution in [3.8, 4) is 0 Å². The Balaban J connectivity index is 2.63. The van der Waals surface area contributed by atoms with Crippen LogP contribution in [0.5, 0.6) is 0 Å². The maximum absolute atomic E-state index is 11.9. The lowest BCUT2D eigenvalue weighted by Crippen LogP contribution is -2.49. The van der Waals surface area contributed by atoms with Gasteiger partial charge >= 0.3 is 18.0 Å². The molecule has 0 unspecified atom stereocenters. The molecule has 2 N–H and O–H groups in total. The average molecular weight is 262 g/mol. The second-order valence-corrected chi connectivity index (χ2v) is 4.75. The van der Waals surface area contributed by atoms with Crippen LogP contribution >= 0.6 is 11.8 Å². The van der Waals surface area contributed by atoms with E-state index < -0.39 is 31.1 Å². The van der Waals surface area contributed by atoms with Gasteiger partial charge in [0, 0.05) is 24.6 Å². The van der Waals surface area contributed by atoms with E-state index in [0.29, 0.717) is 13.1 Å². The number of carbonyl (C=O) groups is 3. The number of rotatable bonds is 4. The number of hydrogen-bond acceptors (Lipinski definition) is 4. The molecule has 17 heavy (non-hydrogen) atoms. The molecule has 0 radical (unpaired) electrons. The van der Waals surface area contributed by atoms with Crippen molar-refractivity contribution in [3.05, 3.63) is 0 Å². The minimum Gasteiger partial charge on any atom is -0.480 e. The molecule has 1 aliphatic rings. The number of carbonyl (C=O) groups excluding carboxylic acids is 1. The molecule has 7 nitrogen and oxygen atoms in total. The summed E-state index contributed by atoms with van der Waals surface area (Å²) in [7, 11) is 0. The van der Waals surface area contributed by atoms with E-state index >= 15 is 0 Å². The molecule has 0 aromatic heterocycles. The molecular weight excluding hydrogens is 248 g/mol. The van der Waals surface area contributed by atoms with Crippen molar-refractivity contribution in [2.24, 2.45) is 0 Å². The first-order valence-electron chi connectivity index (χ1n) is 5.06. The van der Waals surface area contributed by atoms with Gasteiger partial charge in [-0.05, 0) is 0 Å². The van der Waals surface area contributed by atoms with E-state index in [1.807, 2.05) is 0 Å². The van der Waals surface area contributed by atoms with Gasteiger partial charge in [-0.3, -0.25) is 9.59 Å². The lowest BCUT2D eigenvalue weighted by Gasteiger charge is -2.31. The van der Waals surface area contributed by atoms with Gasteiger partial charge in [0.2, 0.25) is 0 Å². The Hall–Kier alpha value is -1.44. The van der Waals surface area contributed by atoms with Gasteiger partial charge in [0.25, 0.3) is 0 Å². The van der Waals surface area contributed by atoms with Crippen molar-refractivity contribution in [1.29, 1.82) is 0 Å². The third-order valence-corrected chi connectivity index (χ3v) is 3.15. The van der Waals surface area contributed by atoms with Gasteiger partial charge in [-0.25, -0.2) is 4.79 Å². The Morgan fingerprint density at radius 3 is 1.94 bits per heavy atom. The fourth-order valence-corrected chi connectivity index (χ4v) is 2.38. The third kappa shape index (κ3) is 4.51. The van der Waals surface area contributed by atoms with Crippen LogP contribution in [0.15, 0.2) is 0 Å². The Kier molecular flexibility index (Phi) is 5.08. The van der Waals surface area contributed by atoms with E-state index in [2.05, 4.69) is 0 Å². The maximum atomic E-state index is 11.9. The molecule has 0 spiro atoms. The highest BCUT2D eigenvalue weighted by Crippen LogP contribution is 2.11. The standard InChI is InChI=1S/C9H14N2O5S/c12-7(13)5-11(6-8(14)15)9(16)10-1-3-17-4-2-10/h1-6H2,(H,12,13)(H,14,15). The van der Waals surface area contributed by atoms with Crippen LogP contribution < -0.4 is 0 Å². The molecule has 1 rings (SSSR count). The topological polar surface area (TPSA) is 98.1 Å². The zero-order valence-corrected chi connectivity index (χ0v) is 9.98. The van der Waals surface area contributed by atoms with Crippen molar-refractivity contribution < 1.29 is 24.6 Å². The first kappa shape index (κ1) is 13.6. The molecule has 0 aromatic rings. The fraction of sp³-hybridized carbons (Fsp3) is 0.667. The Bertz CT molecular complexity index is 301. The van der Waals surface area contributed by atoms with Gasteiger partial charge in [0.05, 0.1) is 0 Å². The molecular formula is C9H14N2O5S. The normalized spacial score (nSPS) is 15.4. The van der Waals surface area contributed by atoms with Gasteiger partial charge in [0.1, 0.15) is 13.1 Å². The second-order valence-electron chi connectivity index (χ2n) is 3.53. The van der Waals surface area contributed by atoms with Crippen LogP contribution in [0.25, 0.3) is 0 Å². The zero-order valence-electron chi connectivity index (χ0n) is 9.16. The average Bonchev–Trinajstić information content (AvgIpc) is 2.27. The monoisotopic (exact) mass is 262 g/mol. The minimum atomic E-state index is -1.22. The number of carboxylic acids is 2. The quantitative estimate of drug-likeness (QED) is 0.717. The number of carboxylic acid groups (broad SMARTS) is 2. The zero-order chi connectivity index (χ0) is 12.8. The number of thioether (sulfide) groups is 1. The molecule has 0 aromatic carbocycles. The first-order chi connectivity index (χ1) is 8.00. The Labute approximate surface area is 102 Å². The van der Waals surface area contributed by atoms with Crippen LogP contribution in [0.3, 0.4) is 0 Å². The lowest BCUT2D eigenvalue weighted by atomic mass is 10.4. The number of hydrogen-bond donors (Lipinski definition) is 2. The van der Waals surface area contributed by atoms with E-state index in [1.165, 1.54) is 4.90 Å². The molecule has 8 heteroatoms. The van der Waals surface area contributed by atoms with Crippen LogP contribution in [0, 0.1) is 0 Å². The van der Waals surface area contributed by atoms with Crippen molar-refractivity contribution in [2.45, 2.75) is 0 Å². The summed E-state index contributed by atoms with van der Waals surface area (Å²) in [4.78, 5) is 35.3. The number of aliphatic carboxylic acids is 2. The highest BCUT2D eigenvalue weighted by molar-refractivity contribution is 7.99. The van der Waals surface area contributed by atoms with E-state index in [1.54, 1.807) is 11.8 Å². The predicted molar refractivity (Wildman–Crippen MR) is 61.1 cm³/mol. The summed E-state index contributed by atoms with van der Waals surface area (Å²) < 4.78 is 0. The molecule has 0 saturated carbocycles. The van der Waals surface area contributed by atoms with Crippen molar-refractivity contribution in [3.63, 3.8) is 0 Å². The molecule has 1 fully saturated rings. The van der Waals surface area contributed by atoms with Gasteiger partial charge in [0.15, 0.2) is 0 Å². The number of nitrogens with zero attached hydrogens (tertiary/aromatic N) is 2. The summed E-state index contributed by atoms with van der Waals surface area (Å²) in [5.41, 5.74) is 0. The highest BCUT2D eigenvalue weighted by Gasteiger charge is 2.25. The highest BCUT2D eigenvalue weighted by atomic mass is 32.2. The van der Waals surface area contributed by atoms with Crippen molar-refractivity contribution >= 4 is 29.7 Å². The predicted octanol–water partition coefficient (Wildman–Crippen LogP) is -0.374. The van der Waals surface area contributed by atoms with Gasteiger partial charge < -0.3 is 20.0 Å². The summed E-state index contributed by atoms with van der Waals surface area (Å²) in [6.07, 6.45) is 0. The first-order valence-corrected chi connectivity index (χ1v) is 6.21. The fourth-order valence-electron chi connectivity index (χ4n) is 1.47. The SMILES string of the molecule is O=C(O)CN(CC(=O)O)C(=O)N1CCSCC1. The van der Waals surface area contributed by atoms with Gasteiger partial charge in [-0.15, -0.1) is 0 Å². The third-order valence-electron chi connectivity index (χ3n) is 2.20. The van der Waals surface area contributed by atoms with E-state index in [0.717, 1.165) is 16.4 Å². The van der Waals surface area contributed by atoms with Crippen LogP contribution in [0.4, 0.5) is 4.79 Å². The second kappa shape index (κ2) is 6.33. The molecule has 1 saturated heterocycles. The van der Waals surface area contributed by atoms with Crippen molar-refractivity contribution in [1.82, 2.24) is 9.80 Å². The molecule has 1 heterocycles. The Morgan fingerprint density at radius 2 is 1.53 bits per heavy atom. The summed E-state index contributed by atoms with van der Waals surface area (Å²) in [6, 6.07) is -0.518. The lowest BCUT2D eigenvalue weighted by molar-refractivity contribution is -0.140. The van der Waals surface area contributed by atoms with E-state index in [-0.39, 0.29) is 0 Å². The van der Waals surface area contributed by atoms with Crippen LogP contribution in [0.2, 0.25) is 0 Å². The largest absolute Gasteiger partial charge is 0.480 e. The van der Waals surface area contributed by atoms with Gasteiger partial charge in [-0.1, -0.05) is 0 Å². The molecule has 2 amide bonds. The molecule has 0 bridgehead atoms. The van der Waals surface area contributed by atoms with Crippen LogP contribution in [0.1, 0.15) is 0 Å².